The van der Waals surface area contributed by atoms with Crippen LogP contribution in [-0.2, 0) is 6.67 Å². The Morgan fingerprint density at radius 3 is 2.69 bits per heavy atom. The molecule has 45 heavy (non-hydrogen) atoms. The molecule has 3 fully saturated rings. The molecule has 4 aromatic rings. The molecule has 2 aromatic carbocycles. The molecule has 2 aromatic heterocycles. The summed E-state index contributed by atoms with van der Waals surface area (Å²) < 4.78 is 25.4. The Hall–Kier alpha value is -4.56. The van der Waals surface area contributed by atoms with Gasteiger partial charge in [0.1, 0.15) is 11.3 Å². The van der Waals surface area contributed by atoms with Crippen molar-refractivity contribution in [2.75, 3.05) is 31.6 Å². The fourth-order valence-electron chi connectivity index (χ4n) is 7.15. The number of nitrogens with zero attached hydrogens (tertiary/aromatic N) is 6. The van der Waals surface area contributed by atoms with E-state index in [0.29, 0.717) is 30.7 Å². The number of anilines is 1. The third-order valence-electron chi connectivity index (χ3n) is 9.27. The molecule has 234 valence electrons. The summed E-state index contributed by atoms with van der Waals surface area (Å²) in [6.07, 6.45) is 4.91. The summed E-state index contributed by atoms with van der Waals surface area (Å²) in [5.41, 5.74) is 6.16. The average Bonchev–Trinajstić information content (AvgIpc) is 3.71. The highest BCUT2D eigenvalue weighted by molar-refractivity contribution is 7.80. The van der Waals surface area contributed by atoms with Crippen LogP contribution < -0.4 is 20.8 Å². The van der Waals surface area contributed by atoms with Crippen LogP contribution in [0.15, 0.2) is 51.6 Å². The zero-order valence-electron chi connectivity index (χ0n) is 24.5. The van der Waals surface area contributed by atoms with Crippen LogP contribution in [0.5, 0.6) is 11.6 Å². The number of methoxy groups -OCH3 is 1. The molecule has 2 aliphatic heterocycles. The number of likely N-dealkylation sites (tertiary alicyclic amines) is 1. The van der Waals surface area contributed by atoms with Gasteiger partial charge in [0, 0.05) is 43.3 Å². The normalized spacial score (nSPS) is 20.4. The van der Waals surface area contributed by atoms with Gasteiger partial charge in [-0.25, -0.2) is 9.18 Å². The van der Waals surface area contributed by atoms with Crippen LogP contribution >= 0.6 is 12.2 Å². The van der Waals surface area contributed by atoms with E-state index in [1.807, 2.05) is 29.2 Å². The minimum absolute atomic E-state index is 0.00329. The summed E-state index contributed by atoms with van der Waals surface area (Å²) in [4.78, 5) is 29.3. The van der Waals surface area contributed by atoms with E-state index in [0.717, 1.165) is 43.8 Å². The predicted octanol–water partition coefficient (Wildman–Crippen LogP) is 4.73. The first-order valence-electron chi connectivity index (χ1n) is 14.9. The largest absolute Gasteiger partial charge is 0.493 e. The molecule has 7 rings (SSSR count). The highest BCUT2D eigenvalue weighted by Crippen LogP contribution is 2.46. The smallest absolute Gasteiger partial charge is 0.341 e. The van der Waals surface area contributed by atoms with Crippen molar-refractivity contribution in [3.63, 3.8) is 0 Å². The molecule has 12 nitrogen and oxygen atoms in total. The number of pyridine rings is 1. The number of piperidine rings is 1. The quantitative estimate of drug-likeness (QED) is 0.194. The Kier molecular flexibility index (Phi) is 7.20. The molecular formula is C31H32FN7O5S. The lowest BCUT2D eigenvalue weighted by Gasteiger charge is -2.37. The molecule has 0 radical (unpaired) electrons. The minimum Gasteiger partial charge on any atom is -0.493 e. The zero-order valence-corrected chi connectivity index (χ0v) is 25.3. The minimum atomic E-state index is -1.34. The number of aromatic nitrogens is 2. The van der Waals surface area contributed by atoms with Gasteiger partial charge in [0.15, 0.2) is 17.3 Å². The Morgan fingerprint density at radius 2 is 1.98 bits per heavy atom. The van der Waals surface area contributed by atoms with Crippen molar-refractivity contribution >= 4 is 56.5 Å². The maximum atomic E-state index is 16.1. The third kappa shape index (κ3) is 4.88. The van der Waals surface area contributed by atoms with Crippen molar-refractivity contribution in [2.45, 2.75) is 44.4 Å². The van der Waals surface area contributed by atoms with E-state index >= 15 is 4.39 Å². The van der Waals surface area contributed by atoms with Gasteiger partial charge in [0.05, 0.1) is 30.2 Å². The van der Waals surface area contributed by atoms with Crippen LogP contribution in [0.2, 0.25) is 0 Å². The summed E-state index contributed by atoms with van der Waals surface area (Å²) in [7, 11) is 1.45. The van der Waals surface area contributed by atoms with E-state index in [2.05, 4.69) is 15.1 Å². The van der Waals surface area contributed by atoms with Gasteiger partial charge in [0.2, 0.25) is 16.4 Å². The number of fused-ring (bicyclic) bond motifs is 3. The molecule has 0 spiro atoms. The highest BCUT2D eigenvalue weighted by atomic mass is 32.1. The number of azo groups is 1. The van der Waals surface area contributed by atoms with Gasteiger partial charge in [-0.05, 0) is 56.0 Å². The van der Waals surface area contributed by atoms with Crippen molar-refractivity contribution in [1.82, 2.24) is 14.0 Å². The van der Waals surface area contributed by atoms with E-state index in [4.69, 9.17) is 22.7 Å². The molecule has 2 atom stereocenters. The van der Waals surface area contributed by atoms with E-state index < -0.39 is 17.2 Å². The molecule has 1 aliphatic carbocycles. The van der Waals surface area contributed by atoms with Crippen molar-refractivity contribution in [3.8, 4) is 11.6 Å². The molecule has 0 amide bonds. The lowest BCUT2D eigenvalue weighted by Crippen LogP contribution is -2.45. The summed E-state index contributed by atoms with van der Waals surface area (Å²) in [6, 6.07) is 8.72. The lowest BCUT2D eigenvalue weighted by atomic mass is 9.92. The second-order valence-electron chi connectivity index (χ2n) is 11.9. The molecule has 0 bridgehead atoms. The van der Waals surface area contributed by atoms with Gasteiger partial charge >= 0.3 is 5.97 Å². The fourth-order valence-corrected chi connectivity index (χ4v) is 7.19. The van der Waals surface area contributed by atoms with Gasteiger partial charge in [0.25, 0.3) is 0 Å². The van der Waals surface area contributed by atoms with Crippen molar-refractivity contribution < 1.29 is 24.1 Å². The number of ether oxygens (including phenoxy) is 1. The summed E-state index contributed by atoms with van der Waals surface area (Å²) >= 11 is 4.84. The number of carboxylic acids is 1. The highest BCUT2D eigenvalue weighted by Gasteiger charge is 2.42. The van der Waals surface area contributed by atoms with E-state index in [9.17, 15) is 19.8 Å². The van der Waals surface area contributed by atoms with Crippen LogP contribution in [0.3, 0.4) is 0 Å². The third-order valence-corrected chi connectivity index (χ3v) is 9.36. The first-order chi connectivity index (χ1) is 21.7. The second kappa shape index (κ2) is 11.1. The molecular weight excluding hydrogens is 601 g/mol. The number of hydrogen-bond donors (Lipinski definition) is 3. The first kappa shape index (κ1) is 29.2. The molecule has 0 unspecified atom stereocenters. The van der Waals surface area contributed by atoms with Gasteiger partial charge < -0.3 is 30.2 Å². The Labute approximate surface area is 262 Å². The maximum absolute atomic E-state index is 16.1. The number of para-hydroxylation sites is 1. The Morgan fingerprint density at radius 1 is 1.20 bits per heavy atom. The number of carbonyl (C=O) groups is 1. The van der Waals surface area contributed by atoms with Crippen LogP contribution in [0.4, 0.5) is 15.8 Å². The number of thiocarbonyl (C=S) groups is 1. The molecule has 3 aliphatic rings. The van der Waals surface area contributed by atoms with Gasteiger partial charge in [-0.15, -0.1) is 10.2 Å². The van der Waals surface area contributed by atoms with E-state index in [-0.39, 0.29) is 57.1 Å². The zero-order chi connectivity index (χ0) is 31.6. The van der Waals surface area contributed by atoms with Crippen LogP contribution in [0.25, 0.3) is 21.8 Å². The molecule has 4 N–H and O–H groups in total. The Bertz CT molecular complexity index is 1970. The molecule has 14 heteroatoms. The molecule has 1 saturated carbocycles. The summed E-state index contributed by atoms with van der Waals surface area (Å²) in [5.74, 6) is -1.57. The molecule has 4 heterocycles. The van der Waals surface area contributed by atoms with Gasteiger partial charge in [-0.3, -0.25) is 14.3 Å². The summed E-state index contributed by atoms with van der Waals surface area (Å²) in [5, 5.41) is 29.4. The maximum Gasteiger partial charge on any atom is 0.341 e. The number of benzene rings is 2. The number of carboxylic acid groups (broad SMARTS) is 1. The number of nitrogens with two attached hydrogens (primary N) is 1. The first-order valence-corrected chi connectivity index (χ1v) is 15.3. The van der Waals surface area contributed by atoms with E-state index in [1.165, 1.54) is 13.3 Å². The number of aromatic carboxylic acids is 1. The van der Waals surface area contributed by atoms with Gasteiger partial charge in [-0.2, -0.15) is 0 Å². The van der Waals surface area contributed by atoms with Gasteiger partial charge in [-0.1, -0.05) is 18.2 Å². The van der Waals surface area contributed by atoms with Crippen LogP contribution in [0, 0.1) is 11.7 Å². The number of rotatable bonds is 7. The van der Waals surface area contributed by atoms with Crippen LogP contribution in [-0.4, -0.2) is 68.1 Å². The lowest BCUT2D eigenvalue weighted by molar-refractivity contribution is 0.0694. The van der Waals surface area contributed by atoms with Crippen LogP contribution in [0.1, 0.15) is 42.1 Å². The SMILES string of the molecule is COc1c(N2C[C@@H]3CCCN(Cn4c(O)c(N=NC(N)=S)c5ccccc54)[C@@H]3C2)c(F)cc2c(=O)c(C(=O)O)cn(C3CC3)c12. The van der Waals surface area contributed by atoms with E-state index in [1.54, 1.807) is 9.13 Å². The van der Waals surface area contributed by atoms with Crippen molar-refractivity contribution in [2.24, 2.45) is 21.9 Å². The predicted molar refractivity (Wildman–Crippen MR) is 170 cm³/mol. The standard InChI is InChI=1S/C31H32FN7O5S/c1-44-28-25-19(27(40)20(30(42)43)13-38(25)17-8-9-17)11-21(32)26(28)37-12-16-5-4-10-36(23(16)14-37)15-39-22-7-3-2-6-18(22)24(29(39)41)34-35-31(33)45/h2-3,6-7,11,13,16-17,23,41H,4-5,8-10,12,14-15H2,1H3,(H2,33,45)(H,42,43)/t16-,23+/m0/s1. The second-order valence-corrected chi connectivity index (χ2v) is 12.4. The number of hydrogen-bond acceptors (Lipinski definition) is 8. The Balaban J connectivity index is 1.26. The number of aromatic hydroxyl groups is 1. The monoisotopic (exact) mass is 633 g/mol. The topological polar surface area (TPSA) is 151 Å². The average molecular weight is 634 g/mol. The number of halogens is 1. The fraction of sp³-hybridized carbons (Fsp3) is 0.387. The summed E-state index contributed by atoms with van der Waals surface area (Å²) in [6.45, 7) is 2.23. The van der Waals surface area contributed by atoms with Crippen molar-refractivity contribution in [3.05, 3.63) is 58.1 Å². The van der Waals surface area contributed by atoms with Crippen molar-refractivity contribution in [1.29, 1.82) is 0 Å². The molecule has 2 saturated heterocycles.